The van der Waals surface area contributed by atoms with Crippen LogP contribution in [0.4, 0.5) is 14.5 Å². The van der Waals surface area contributed by atoms with Crippen LogP contribution >= 0.6 is 0 Å². The summed E-state index contributed by atoms with van der Waals surface area (Å²) in [4.78, 5) is 4.12. The van der Waals surface area contributed by atoms with Crippen molar-refractivity contribution in [3.63, 3.8) is 0 Å². The van der Waals surface area contributed by atoms with Gasteiger partial charge in [0, 0.05) is 12.6 Å². The molecule has 0 amide bonds. The first kappa shape index (κ1) is 15.2. The predicted molar refractivity (Wildman–Crippen MR) is 81.5 cm³/mol. The Morgan fingerprint density at radius 3 is 2.91 bits per heavy atom. The number of aliphatic hydroxyl groups is 1. The van der Waals surface area contributed by atoms with Gasteiger partial charge in [-0.3, -0.25) is 4.99 Å². The van der Waals surface area contributed by atoms with Gasteiger partial charge in [-0.2, -0.15) is 0 Å². The second-order valence-corrected chi connectivity index (χ2v) is 6.45. The van der Waals surface area contributed by atoms with Gasteiger partial charge in [0.25, 0.3) is 0 Å². The fourth-order valence-corrected chi connectivity index (χ4v) is 3.86. The molecule has 2 bridgehead atoms. The Kier molecular flexibility index (Phi) is 4.04. The minimum absolute atomic E-state index is 0.0243. The van der Waals surface area contributed by atoms with Crippen LogP contribution in [0.15, 0.2) is 23.2 Å². The molecule has 0 spiro atoms. The maximum absolute atomic E-state index is 13.5. The zero-order chi connectivity index (χ0) is 15.7. The first-order valence-electron chi connectivity index (χ1n) is 7.71. The monoisotopic (exact) mass is 309 g/mol. The summed E-state index contributed by atoms with van der Waals surface area (Å²) in [5, 5.41) is 13.2. The highest BCUT2D eigenvalue weighted by Gasteiger charge is 2.49. The minimum Gasteiger partial charge on any atom is -0.390 e. The number of halogens is 2. The number of anilines is 1. The van der Waals surface area contributed by atoms with Gasteiger partial charge in [0.1, 0.15) is 11.6 Å². The van der Waals surface area contributed by atoms with Crippen LogP contribution in [0.2, 0.25) is 0 Å². The number of nitrogens with two attached hydrogens (primary N) is 1. The highest BCUT2D eigenvalue weighted by Crippen LogP contribution is 2.52. The normalized spacial score (nSPS) is 30.8. The lowest BCUT2D eigenvalue weighted by Crippen LogP contribution is -2.36. The third-order valence-electron chi connectivity index (χ3n) is 4.96. The molecule has 2 fully saturated rings. The van der Waals surface area contributed by atoms with E-state index in [1.54, 1.807) is 0 Å². The molecule has 0 radical (unpaired) electrons. The second kappa shape index (κ2) is 5.83. The molecule has 4 nitrogen and oxygen atoms in total. The van der Waals surface area contributed by atoms with E-state index in [0.717, 1.165) is 37.5 Å². The summed E-state index contributed by atoms with van der Waals surface area (Å²) in [5.74, 6) is -0.0890. The van der Waals surface area contributed by atoms with Crippen molar-refractivity contribution in [2.24, 2.45) is 22.6 Å². The number of guanidine groups is 1. The Bertz CT molecular complexity index is 593. The Morgan fingerprint density at radius 2 is 2.23 bits per heavy atom. The number of benzene rings is 1. The molecule has 1 aromatic rings. The quantitative estimate of drug-likeness (QED) is 0.591. The third kappa shape index (κ3) is 3.06. The summed E-state index contributed by atoms with van der Waals surface area (Å²) < 4.78 is 26.6. The van der Waals surface area contributed by atoms with Crippen molar-refractivity contribution in [1.29, 1.82) is 0 Å². The van der Waals surface area contributed by atoms with Gasteiger partial charge in [-0.05, 0) is 56.1 Å². The molecule has 0 saturated heterocycles. The summed E-state index contributed by atoms with van der Waals surface area (Å²) >= 11 is 0. The first-order chi connectivity index (χ1) is 10.5. The number of nitrogens with one attached hydrogen (secondary N) is 1. The van der Waals surface area contributed by atoms with Gasteiger partial charge in [-0.25, -0.2) is 8.78 Å². The predicted octanol–water partition coefficient (Wildman–Crippen LogP) is 2.63. The molecule has 22 heavy (non-hydrogen) atoms. The lowest BCUT2D eigenvalue weighted by Gasteiger charge is -2.31. The van der Waals surface area contributed by atoms with Crippen molar-refractivity contribution in [1.82, 2.24) is 0 Å². The van der Waals surface area contributed by atoms with Crippen molar-refractivity contribution in [2.75, 3.05) is 11.9 Å². The third-order valence-corrected chi connectivity index (χ3v) is 4.96. The van der Waals surface area contributed by atoms with E-state index in [4.69, 9.17) is 5.73 Å². The molecule has 4 N–H and O–H groups in total. The van der Waals surface area contributed by atoms with E-state index in [9.17, 15) is 13.9 Å². The smallest absolute Gasteiger partial charge is 0.193 e. The summed E-state index contributed by atoms with van der Waals surface area (Å²) in [5.41, 5.74) is 5.03. The van der Waals surface area contributed by atoms with E-state index in [0.29, 0.717) is 24.8 Å². The summed E-state index contributed by atoms with van der Waals surface area (Å²) in [6.45, 7) is 0.371. The largest absolute Gasteiger partial charge is 0.390 e. The highest BCUT2D eigenvalue weighted by molar-refractivity contribution is 5.92. The van der Waals surface area contributed by atoms with Crippen LogP contribution in [-0.4, -0.2) is 23.2 Å². The van der Waals surface area contributed by atoms with Gasteiger partial charge >= 0.3 is 0 Å². The van der Waals surface area contributed by atoms with E-state index in [-0.39, 0.29) is 11.6 Å². The Balaban J connectivity index is 1.55. The molecule has 120 valence electrons. The lowest BCUT2D eigenvalue weighted by molar-refractivity contribution is -0.0181. The zero-order valence-electron chi connectivity index (χ0n) is 12.4. The molecule has 3 atom stereocenters. The fourth-order valence-electron chi connectivity index (χ4n) is 3.86. The van der Waals surface area contributed by atoms with Gasteiger partial charge in [0.2, 0.25) is 0 Å². The summed E-state index contributed by atoms with van der Waals surface area (Å²) in [6, 6.07) is 3.10. The van der Waals surface area contributed by atoms with E-state index >= 15 is 0 Å². The maximum Gasteiger partial charge on any atom is 0.193 e. The van der Waals surface area contributed by atoms with Crippen LogP contribution in [0, 0.1) is 23.5 Å². The van der Waals surface area contributed by atoms with E-state index in [2.05, 4.69) is 10.3 Å². The van der Waals surface area contributed by atoms with Crippen molar-refractivity contribution < 1.29 is 13.9 Å². The van der Waals surface area contributed by atoms with Crippen LogP contribution in [0.1, 0.15) is 32.1 Å². The number of aliphatic imine (C=N–C) groups is 1. The molecule has 6 heteroatoms. The van der Waals surface area contributed by atoms with Gasteiger partial charge in [-0.1, -0.05) is 0 Å². The second-order valence-electron chi connectivity index (χ2n) is 6.45. The molecule has 0 heterocycles. The number of fused-ring (bicyclic) bond motifs is 2. The van der Waals surface area contributed by atoms with Crippen LogP contribution in [-0.2, 0) is 0 Å². The molecule has 3 rings (SSSR count). The first-order valence-corrected chi connectivity index (χ1v) is 7.71. The van der Waals surface area contributed by atoms with Gasteiger partial charge in [0.15, 0.2) is 5.96 Å². The molecule has 1 aromatic carbocycles. The van der Waals surface area contributed by atoms with Crippen molar-refractivity contribution in [3.05, 3.63) is 29.8 Å². The molecule has 2 saturated carbocycles. The van der Waals surface area contributed by atoms with Gasteiger partial charge < -0.3 is 16.2 Å². The molecule has 2 aliphatic rings. The van der Waals surface area contributed by atoms with Crippen LogP contribution < -0.4 is 11.1 Å². The number of hydrogen-bond acceptors (Lipinski definition) is 2. The molecule has 0 aliphatic heterocycles. The maximum atomic E-state index is 13.5. The minimum atomic E-state index is -0.628. The van der Waals surface area contributed by atoms with Gasteiger partial charge in [-0.15, -0.1) is 0 Å². The summed E-state index contributed by atoms with van der Waals surface area (Å²) in [6.07, 6.45) is 4.83. The van der Waals surface area contributed by atoms with E-state index < -0.39 is 17.2 Å². The van der Waals surface area contributed by atoms with Crippen molar-refractivity contribution >= 4 is 11.6 Å². The highest BCUT2D eigenvalue weighted by atomic mass is 19.1. The topological polar surface area (TPSA) is 70.6 Å². The van der Waals surface area contributed by atoms with Crippen LogP contribution in [0.25, 0.3) is 0 Å². The zero-order valence-corrected chi connectivity index (χ0v) is 12.4. The fraction of sp³-hybridized carbons (Fsp3) is 0.562. The number of hydrogen-bond donors (Lipinski definition) is 3. The lowest BCUT2D eigenvalue weighted by atomic mass is 9.82. The molecular formula is C16H21F2N3O. The Hall–Kier alpha value is -1.69. The standard InChI is InChI=1S/C16H21F2N3O/c17-12-3-4-13(18)14(8-12)21-15(19)20-6-5-16(22)9-10-1-2-11(16)7-10/h3-4,8,10-11,22H,1-2,5-7,9H2,(H3,19,20,21). The Labute approximate surface area is 128 Å². The molecule has 2 aliphatic carbocycles. The van der Waals surface area contributed by atoms with Crippen molar-refractivity contribution in [3.8, 4) is 0 Å². The Morgan fingerprint density at radius 1 is 1.41 bits per heavy atom. The van der Waals surface area contributed by atoms with E-state index in [1.807, 2.05) is 0 Å². The average Bonchev–Trinajstić information content (AvgIpc) is 3.03. The average molecular weight is 309 g/mol. The number of nitrogens with zero attached hydrogens (tertiary/aromatic N) is 1. The van der Waals surface area contributed by atoms with Crippen molar-refractivity contribution in [2.45, 2.75) is 37.7 Å². The SMILES string of the molecule is NC(=NCCC1(O)CC2CCC1C2)Nc1cc(F)ccc1F. The molecule has 3 unspecified atom stereocenters. The van der Waals surface area contributed by atoms with Crippen LogP contribution in [0.5, 0.6) is 0 Å². The molecule has 0 aromatic heterocycles. The van der Waals surface area contributed by atoms with Crippen LogP contribution in [0.3, 0.4) is 0 Å². The van der Waals surface area contributed by atoms with Gasteiger partial charge in [0.05, 0.1) is 11.3 Å². The summed E-state index contributed by atoms with van der Waals surface area (Å²) in [7, 11) is 0. The van der Waals surface area contributed by atoms with E-state index in [1.165, 1.54) is 6.42 Å². The number of rotatable bonds is 4. The molecular weight excluding hydrogens is 288 g/mol.